The maximum Gasteiger partial charge on any atom is 0.261 e. The lowest BCUT2D eigenvalue weighted by Crippen LogP contribution is -2.46. The molecule has 1 N–H and O–H groups in total. The van der Waals surface area contributed by atoms with Crippen molar-refractivity contribution >= 4 is 27.7 Å². The van der Waals surface area contributed by atoms with Gasteiger partial charge in [-0.25, -0.2) is 8.42 Å². The Balaban J connectivity index is 1.63. The van der Waals surface area contributed by atoms with Gasteiger partial charge < -0.3 is 14.5 Å². The van der Waals surface area contributed by atoms with Crippen molar-refractivity contribution < 1.29 is 17.9 Å². The van der Waals surface area contributed by atoms with Crippen LogP contribution in [-0.4, -0.2) is 64.5 Å². The molecule has 154 valence electrons. The van der Waals surface area contributed by atoms with Crippen molar-refractivity contribution in [2.45, 2.75) is 4.90 Å². The Bertz CT molecular complexity index is 962. The Labute approximate surface area is 171 Å². The first-order valence-electron chi connectivity index (χ1n) is 9.30. The molecule has 29 heavy (non-hydrogen) atoms. The summed E-state index contributed by atoms with van der Waals surface area (Å²) in [5, 5.41) is 0. The van der Waals surface area contributed by atoms with Crippen LogP contribution in [0.15, 0.2) is 59.5 Å². The van der Waals surface area contributed by atoms with Crippen LogP contribution in [0.3, 0.4) is 0 Å². The molecule has 2 aromatic rings. The summed E-state index contributed by atoms with van der Waals surface area (Å²) in [6.07, 6.45) is 3.23. The van der Waals surface area contributed by atoms with Crippen molar-refractivity contribution in [3.63, 3.8) is 0 Å². The third-order valence-corrected chi connectivity index (χ3v) is 6.16. The van der Waals surface area contributed by atoms with Crippen LogP contribution in [0.1, 0.15) is 5.56 Å². The lowest BCUT2D eigenvalue weighted by atomic mass is 10.2. The number of amides is 1. The molecule has 1 amide bonds. The van der Waals surface area contributed by atoms with Gasteiger partial charge in [0.2, 0.25) is 5.91 Å². The molecule has 7 nitrogen and oxygen atoms in total. The van der Waals surface area contributed by atoms with Gasteiger partial charge in [-0.3, -0.25) is 9.52 Å². The van der Waals surface area contributed by atoms with Crippen LogP contribution >= 0.6 is 0 Å². The summed E-state index contributed by atoms with van der Waals surface area (Å²) in [5.41, 5.74) is 1.21. The number of hydrogen-bond acceptors (Lipinski definition) is 5. The van der Waals surface area contributed by atoms with E-state index in [9.17, 15) is 13.2 Å². The minimum Gasteiger partial charge on any atom is -0.497 e. The molecule has 1 heterocycles. The molecule has 1 aliphatic heterocycles. The first kappa shape index (κ1) is 20.9. The van der Waals surface area contributed by atoms with Gasteiger partial charge in [0.05, 0.1) is 12.0 Å². The first-order valence-corrected chi connectivity index (χ1v) is 10.8. The number of hydrogen-bond donors (Lipinski definition) is 1. The Kier molecular flexibility index (Phi) is 6.56. The molecule has 0 radical (unpaired) electrons. The molecule has 1 fully saturated rings. The SMILES string of the molecule is COc1ccc(NS(=O)(=O)c2ccc(/C=C/C(=O)N3CCN(C)CC3)cc2)cc1. The number of rotatable bonds is 6. The zero-order valence-electron chi connectivity index (χ0n) is 16.5. The highest BCUT2D eigenvalue weighted by Gasteiger charge is 2.17. The van der Waals surface area contributed by atoms with Gasteiger partial charge in [-0.2, -0.15) is 0 Å². The maximum absolute atomic E-state index is 12.5. The molecule has 0 saturated carbocycles. The summed E-state index contributed by atoms with van der Waals surface area (Å²) >= 11 is 0. The number of methoxy groups -OCH3 is 1. The second kappa shape index (κ2) is 9.11. The van der Waals surface area contributed by atoms with Crippen LogP contribution in [0.25, 0.3) is 6.08 Å². The molecule has 8 heteroatoms. The van der Waals surface area contributed by atoms with Crippen molar-refractivity contribution in [1.29, 1.82) is 0 Å². The Morgan fingerprint density at radius 3 is 2.21 bits per heavy atom. The molecular formula is C21H25N3O4S. The molecule has 0 aromatic heterocycles. The predicted molar refractivity (Wildman–Crippen MR) is 113 cm³/mol. The van der Waals surface area contributed by atoms with Gasteiger partial charge in [0, 0.05) is 37.9 Å². The van der Waals surface area contributed by atoms with Gasteiger partial charge >= 0.3 is 0 Å². The lowest BCUT2D eigenvalue weighted by molar-refractivity contribution is -0.127. The second-order valence-electron chi connectivity index (χ2n) is 6.86. The highest BCUT2D eigenvalue weighted by molar-refractivity contribution is 7.92. The molecule has 0 aliphatic carbocycles. The number of carbonyl (C=O) groups excluding carboxylic acids is 1. The van der Waals surface area contributed by atoms with Crippen LogP contribution in [0.2, 0.25) is 0 Å². The van der Waals surface area contributed by atoms with Crippen molar-refractivity contribution in [3.8, 4) is 5.75 Å². The van der Waals surface area contributed by atoms with E-state index in [1.165, 1.54) is 18.2 Å². The van der Waals surface area contributed by atoms with Crippen LogP contribution < -0.4 is 9.46 Å². The summed E-state index contributed by atoms with van der Waals surface area (Å²) < 4.78 is 32.7. The van der Waals surface area contributed by atoms with Crippen molar-refractivity contribution in [3.05, 3.63) is 60.2 Å². The molecule has 0 unspecified atom stereocenters. The van der Waals surface area contributed by atoms with Gasteiger partial charge in [0.15, 0.2) is 0 Å². The fourth-order valence-corrected chi connectivity index (χ4v) is 3.99. The predicted octanol–water partition coefficient (Wildman–Crippen LogP) is 2.28. The fraction of sp³-hybridized carbons (Fsp3) is 0.286. The van der Waals surface area contributed by atoms with Crippen LogP contribution in [0.5, 0.6) is 5.75 Å². The third kappa shape index (κ3) is 5.58. The molecule has 1 saturated heterocycles. The van der Waals surface area contributed by atoms with Crippen LogP contribution in [0.4, 0.5) is 5.69 Å². The number of ether oxygens (including phenoxy) is 1. The molecule has 2 aromatic carbocycles. The van der Waals surface area contributed by atoms with Gasteiger partial charge in [0.1, 0.15) is 5.75 Å². The zero-order chi connectivity index (χ0) is 20.9. The van der Waals surface area contributed by atoms with E-state index in [2.05, 4.69) is 9.62 Å². The van der Waals surface area contributed by atoms with Crippen molar-refractivity contribution in [2.24, 2.45) is 0 Å². The minimum absolute atomic E-state index is 0.0315. The van der Waals surface area contributed by atoms with E-state index in [-0.39, 0.29) is 10.8 Å². The highest BCUT2D eigenvalue weighted by Crippen LogP contribution is 2.20. The fourth-order valence-electron chi connectivity index (χ4n) is 2.93. The standard InChI is InChI=1S/C21H25N3O4S/c1-23-13-15-24(16-14-23)21(25)12-5-17-3-10-20(11-4-17)29(26,27)22-18-6-8-19(28-2)9-7-18/h3-12,22H,13-16H2,1-2H3/b12-5+. The number of carbonyl (C=O) groups is 1. The Hall–Kier alpha value is -2.84. The van der Waals surface area contributed by atoms with Gasteiger partial charge in [-0.05, 0) is 55.1 Å². The average molecular weight is 416 g/mol. The maximum atomic E-state index is 12.5. The average Bonchev–Trinajstić information content (AvgIpc) is 2.73. The van der Waals surface area contributed by atoms with E-state index in [1.54, 1.807) is 49.6 Å². The largest absolute Gasteiger partial charge is 0.497 e. The minimum atomic E-state index is -3.70. The number of sulfonamides is 1. The van der Waals surface area contributed by atoms with E-state index < -0.39 is 10.0 Å². The quantitative estimate of drug-likeness (QED) is 0.733. The zero-order valence-corrected chi connectivity index (χ0v) is 17.4. The monoisotopic (exact) mass is 415 g/mol. The van der Waals surface area contributed by atoms with Gasteiger partial charge in [-0.1, -0.05) is 12.1 Å². The smallest absolute Gasteiger partial charge is 0.261 e. The van der Waals surface area contributed by atoms with Crippen LogP contribution in [0, 0.1) is 0 Å². The molecule has 0 bridgehead atoms. The summed E-state index contributed by atoms with van der Waals surface area (Å²) in [6, 6.07) is 13.0. The van der Waals surface area contributed by atoms with Gasteiger partial charge in [0.25, 0.3) is 10.0 Å². The number of likely N-dealkylation sites (N-methyl/N-ethyl adjacent to an activating group) is 1. The molecule has 3 rings (SSSR count). The van der Waals surface area contributed by atoms with Gasteiger partial charge in [-0.15, -0.1) is 0 Å². The lowest BCUT2D eigenvalue weighted by Gasteiger charge is -2.31. The normalized spacial score (nSPS) is 15.4. The van der Waals surface area contributed by atoms with Crippen molar-refractivity contribution in [1.82, 2.24) is 9.80 Å². The number of nitrogens with one attached hydrogen (secondary N) is 1. The Morgan fingerprint density at radius 1 is 1.00 bits per heavy atom. The molecule has 0 spiro atoms. The second-order valence-corrected chi connectivity index (χ2v) is 8.55. The molecule has 1 aliphatic rings. The molecule has 0 atom stereocenters. The first-order chi connectivity index (χ1) is 13.9. The summed E-state index contributed by atoms with van der Waals surface area (Å²) in [5.74, 6) is 0.617. The van der Waals surface area contributed by atoms with Crippen molar-refractivity contribution in [2.75, 3.05) is 45.1 Å². The van der Waals surface area contributed by atoms with E-state index in [0.29, 0.717) is 24.5 Å². The van der Waals surface area contributed by atoms with Crippen LogP contribution in [-0.2, 0) is 14.8 Å². The van der Waals surface area contributed by atoms with E-state index >= 15 is 0 Å². The Morgan fingerprint density at radius 2 is 1.62 bits per heavy atom. The molecular weight excluding hydrogens is 390 g/mol. The summed E-state index contributed by atoms with van der Waals surface area (Å²) in [7, 11) is -0.110. The van der Waals surface area contributed by atoms with E-state index in [1.807, 2.05) is 11.9 Å². The summed E-state index contributed by atoms with van der Waals surface area (Å²) in [6.45, 7) is 3.17. The topological polar surface area (TPSA) is 78.9 Å². The van der Waals surface area contributed by atoms with E-state index in [0.717, 1.165) is 18.7 Å². The number of anilines is 1. The number of piperazine rings is 1. The highest BCUT2D eigenvalue weighted by atomic mass is 32.2. The number of benzene rings is 2. The number of nitrogens with zero attached hydrogens (tertiary/aromatic N) is 2. The van der Waals surface area contributed by atoms with E-state index in [4.69, 9.17) is 4.74 Å². The third-order valence-electron chi connectivity index (χ3n) is 4.77. The summed E-state index contributed by atoms with van der Waals surface area (Å²) in [4.78, 5) is 16.4.